The highest BCUT2D eigenvalue weighted by Gasteiger charge is 2.34. The van der Waals surface area contributed by atoms with Gasteiger partial charge in [0.05, 0.1) is 5.92 Å². The number of hydrogen-bond donors (Lipinski definition) is 1. The first-order valence-corrected chi connectivity index (χ1v) is 10.3. The maximum absolute atomic E-state index is 12.9. The Bertz CT molecular complexity index is 843. The quantitative estimate of drug-likeness (QED) is 0.746. The number of carbonyl (C=O) groups excluding carboxylic acids is 2. The molecule has 0 spiro atoms. The Morgan fingerprint density at radius 2 is 1.82 bits per heavy atom. The number of aryl methyl sites for hydroxylation is 2. The van der Waals surface area contributed by atoms with Crippen LogP contribution in [0.1, 0.15) is 37.0 Å². The molecule has 2 aromatic carbocycles. The lowest BCUT2D eigenvalue weighted by atomic mass is 10.0. The molecule has 0 bridgehead atoms. The highest BCUT2D eigenvalue weighted by Crippen LogP contribution is 2.26. The molecule has 0 saturated carbocycles. The second-order valence-corrected chi connectivity index (χ2v) is 7.70. The van der Waals surface area contributed by atoms with E-state index >= 15 is 0 Å². The van der Waals surface area contributed by atoms with E-state index in [0.29, 0.717) is 18.1 Å². The number of rotatable bonds is 7. The Morgan fingerprint density at radius 3 is 2.46 bits per heavy atom. The number of amides is 2. The molecule has 1 saturated heterocycles. The summed E-state index contributed by atoms with van der Waals surface area (Å²) in [5.41, 5.74) is 4.28. The third-order valence-electron chi connectivity index (χ3n) is 5.39. The van der Waals surface area contributed by atoms with Gasteiger partial charge in [-0.05, 0) is 48.1 Å². The smallest absolute Gasteiger partial charge is 0.229 e. The Balaban J connectivity index is 1.62. The lowest BCUT2D eigenvalue weighted by Gasteiger charge is -2.18. The van der Waals surface area contributed by atoms with Crippen LogP contribution < -0.4 is 5.32 Å². The van der Waals surface area contributed by atoms with Crippen LogP contribution in [0.15, 0.2) is 42.5 Å². The lowest BCUT2D eigenvalue weighted by molar-refractivity contribution is -0.128. The Hall–Kier alpha value is -2.33. The van der Waals surface area contributed by atoms with Gasteiger partial charge >= 0.3 is 0 Å². The van der Waals surface area contributed by atoms with Gasteiger partial charge in [-0.2, -0.15) is 0 Å². The molecule has 1 fully saturated rings. The van der Waals surface area contributed by atoms with E-state index in [0.717, 1.165) is 41.6 Å². The molecule has 0 aliphatic carbocycles. The van der Waals surface area contributed by atoms with Gasteiger partial charge in [0.25, 0.3) is 0 Å². The fraction of sp³-hybridized carbons (Fsp3) is 0.391. The SMILES string of the molecule is CCc1cccc(CC)c1NC(=O)C1CC(=O)N(CCc2cccc(Cl)c2)C1. The van der Waals surface area contributed by atoms with Gasteiger partial charge < -0.3 is 10.2 Å². The molecule has 1 atom stereocenters. The first-order chi connectivity index (χ1) is 13.5. The van der Waals surface area contributed by atoms with Crippen molar-refractivity contribution >= 4 is 29.1 Å². The van der Waals surface area contributed by atoms with Crippen LogP contribution in [0.4, 0.5) is 5.69 Å². The van der Waals surface area contributed by atoms with Crippen LogP contribution in [-0.4, -0.2) is 29.8 Å². The molecule has 1 unspecified atom stereocenters. The second kappa shape index (κ2) is 9.24. The molecule has 2 aromatic rings. The van der Waals surface area contributed by atoms with Gasteiger partial charge in [-0.15, -0.1) is 0 Å². The largest absolute Gasteiger partial charge is 0.342 e. The van der Waals surface area contributed by atoms with Crippen molar-refractivity contribution in [3.05, 3.63) is 64.2 Å². The summed E-state index contributed by atoms with van der Waals surface area (Å²) in [6.45, 7) is 5.25. The molecule has 4 nitrogen and oxygen atoms in total. The van der Waals surface area contributed by atoms with E-state index in [2.05, 4.69) is 19.2 Å². The average Bonchev–Trinajstić information content (AvgIpc) is 3.07. The van der Waals surface area contributed by atoms with E-state index in [4.69, 9.17) is 11.6 Å². The van der Waals surface area contributed by atoms with Crippen LogP contribution in [0.3, 0.4) is 0 Å². The number of nitrogens with zero attached hydrogens (tertiary/aromatic N) is 1. The van der Waals surface area contributed by atoms with Crippen LogP contribution in [0.5, 0.6) is 0 Å². The molecular weight excluding hydrogens is 372 g/mol. The number of anilines is 1. The number of halogens is 1. The summed E-state index contributed by atoms with van der Waals surface area (Å²) in [6.07, 6.45) is 2.73. The Morgan fingerprint density at radius 1 is 1.14 bits per heavy atom. The molecule has 2 amide bonds. The van der Waals surface area contributed by atoms with E-state index in [1.54, 1.807) is 4.90 Å². The average molecular weight is 399 g/mol. The molecule has 5 heteroatoms. The second-order valence-electron chi connectivity index (χ2n) is 7.27. The van der Waals surface area contributed by atoms with Crippen molar-refractivity contribution in [1.82, 2.24) is 4.90 Å². The number of nitrogens with one attached hydrogen (secondary N) is 1. The van der Waals surface area contributed by atoms with Gasteiger partial charge in [-0.1, -0.05) is 55.8 Å². The third kappa shape index (κ3) is 4.74. The van der Waals surface area contributed by atoms with Crippen molar-refractivity contribution in [3.8, 4) is 0 Å². The molecule has 28 heavy (non-hydrogen) atoms. The van der Waals surface area contributed by atoms with E-state index < -0.39 is 0 Å². The summed E-state index contributed by atoms with van der Waals surface area (Å²) in [4.78, 5) is 27.0. The van der Waals surface area contributed by atoms with Crippen LogP contribution in [0, 0.1) is 5.92 Å². The van der Waals surface area contributed by atoms with Crippen LogP contribution in [0.25, 0.3) is 0 Å². The maximum Gasteiger partial charge on any atom is 0.229 e. The molecule has 1 heterocycles. The molecule has 1 N–H and O–H groups in total. The summed E-state index contributed by atoms with van der Waals surface area (Å²) in [6, 6.07) is 13.8. The predicted molar refractivity (Wildman–Crippen MR) is 114 cm³/mol. The highest BCUT2D eigenvalue weighted by atomic mass is 35.5. The fourth-order valence-corrected chi connectivity index (χ4v) is 3.96. The van der Waals surface area contributed by atoms with Crippen molar-refractivity contribution < 1.29 is 9.59 Å². The molecule has 0 aromatic heterocycles. The minimum Gasteiger partial charge on any atom is -0.342 e. The first kappa shape index (κ1) is 20.4. The monoisotopic (exact) mass is 398 g/mol. The molecule has 0 radical (unpaired) electrons. The molecule has 148 valence electrons. The summed E-state index contributed by atoms with van der Waals surface area (Å²) in [5.74, 6) is -0.322. The fourth-order valence-electron chi connectivity index (χ4n) is 3.75. The van der Waals surface area contributed by atoms with E-state index in [-0.39, 0.29) is 24.2 Å². The zero-order chi connectivity index (χ0) is 20.1. The van der Waals surface area contributed by atoms with E-state index in [9.17, 15) is 9.59 Å². The number of likely N-dealkylation sites (tertiary alicyclic amines) is 1. The number of carbonyl (C=O) groups is 2. The maximum atomic E-state index is 12.9. The number of hydrogen-bond acceptors (Lipinski definition) is 2. The zero-order valence-electron chi connectivity index (χ0n) is 16.5. The Labute approximate surface area is 171 Å². The number of para-hydroxylation sites is 1. The summed E-state index contributed by atoms with van der Waals surface area (Å²) in [5, 5.41) is 3.81. The van der Waals surface area contributed by atoms with Crippen molar-refractivity contribution in [2.75, 3.05) is 18.4 Å². The van der Waals surface area contributed by atoms with E-state index in [1.165, 1.54) is 0 Å². The van der Waals surface area contributed by atoms with Crippen molar-refractivity contribution in [2.24, 2.45) is 5.92 Å². The minimum atomic E-state index is -0.304. The Kier molecular flexibility index (Phi) is 6.74. The van der Waals surface area contributed by atoms with E-state index in [1.807, 2.05) is 42.5 Å². The molecule has 1 aliphatic heterocycles. The molecule has 3 rings (SSSR count). The van der Waals surface area contributed by atoms with Gasteiger partial charge in [-0.3, -0.25) is 9.59 Å². The van der Waals surface area contributed by atoms with Crippen LogP contribution >= 0.6 is 11.6 Å². The van der Waals surface area contributed by atoms with Gasteiger partial charge in [0.1, 0.15) is 0 Å². The zero-order valence-corrected chi connectivity index (χ0v) is 17.3. The number of benzene rings is 2. The first-order valence-electron chi connectivity index (χ1n) is 9.95. The highest BCUT2D eigenvalue weighted by molar-refractivity contribution is 6.30. The normalized spacial score (nSPS) is 16.5. The predicted octanol–water partition coefficient (Wildman–Crippen LogP) is 4.49. The lowest BCUT2D eigenvalue weighted by Crippen LogP contribution is -2.30. The third-order valence-corrected chi connectivity index (χ3v) is 5.63. The topological polar surface area (TPSA) is 49.4 Å². The van der Waals surface area contributed by atoms with Crippen molar-refractivity contribution in [2.45, 2.75) is 39.5 Å². The summed E-state index contributed by atoms with van der Waals surface area (Å²) < 4.78 is 0. The molecular formula is C23H27ClN2O2. The van der Waals surface area contributed by atoms with Crippen molar-refractivity contribution in [3.63, 3.8) is 0 Å². The van der Waals surface area contributed by atoms with Gasteiger partial charge in [-0.25, -0.2) is 0 Å². The van der Waals surface area contributed by atoms with Crippen LogP contribution in [0.2, 0.25) is 5.02 Å². The summed E-state index contributed by atoms with van der Waals surface area (Å²) >= 11 is 6.03. The van der Waals surface area contributed by atoms with Crippen LogP contribution in [-0.2, 0) is 28.9 Å². The molecule has 1 aliphatic rings. The standard InChI is InChI=1S/C23H27ClN2O2/c1-3-17-8-6-9-18(4-2)22(17)25-23(28)19-14-21(27)26(15-19)12-11-16-7-5-10-20(24)13-16/h5-10,13,19H,3-4,11-12,14-15H2,1-2H3,(H,25,28). The van der Waals surface area contributed by atoms with Crippen molar-refractivity contribution in [1.29, 1.82) is 0 Å². The van der Waals surface area contributed by atoms with Gasteiger partial charge in [0.2, 0.25) is 11.8 Å². The van der Waals surface area contributed by atoms with Gasteiger partial charge in [0, 0.05) is 30.2 Å². The summed E-state index contributed by atoms with van der Waals surface area (Å²) in [7, 11) is 0. The van der Waals surface area contributed by atoms with Gasteiger partial charge in [0.15, 0.2) is 0 Å². The minimum absolute atomic E-state index is 0.0432.